The van der Waals surface area contributed by atoms with Gasteiger partial charge in [0.05, 0.1) is 10.6 Å². The summed E-state index contributed by atoms with van der Waals surface area (Å²) >= 11 is 3.10. The van der Waals surface area contributed by atoms with Crippen LogP contribution in [0, 0.1) is 0 Å². The maximum atomic E-state index is 12.7. The number of hydrogen-bond donors (Lipinski definition) is 0. The highest BCUT2D eigenvalue weighted by atomic mass is 32.2. The van der Waals surface area contributed by atoms with Gasteiger partial charge in [-0.2, -0.15) is 0 Å². The molecule has 2 aromatic heterocycles. The summed E-state index contributed by atoms with van der Waals surface area (Å²) in [6.45, 7) is 3.01. The Hall–Kier alpha value is -2.12. The van der Waals surface area contributed by atoms with Crippen molar-refractivity contribution in [1.82, 2.24) is 19.7 Å². The van der Waals surface area contributed by atoms with Crippen LogP contribution in [0.25, 0.3) is 16.4 Å². The third-order valence-electron chi connectivity index (χ3n) is 4.84. The van der Waals surface area contributed by atoms with Crippen LogP contribution >= 0.6 is 23.1 Å². The monoisotopic (exact) mass is 398 g/mol. The molecule has 1 aromatic carbocycles. The van der Waals surface area contributed by atoms with Crippen molar-refractivity contribution in [2.24, 2.45) is 0 Å². The molecule has 0 spiro atoms. The first-order valence-electron chi connectivity index (χ1n) is 9.21. The molecule has 3 heterocycles. The number of thiophene rings is 1. The summed E-state index contributed by atoms with van der Waals surface area (Å²) < 4.78 is 2.05. The summed E-state index contributed by atoms with van der Waals surface area (Å²) in [4.78, 5) is 15.8. The molecule has 4 rings (SSSR count). The van der Waals surface area contributed by atoms with E-state index in [4.69, 9.17) is 0 Å². The largest absolute Gasteiger partial charge is 0.339 e. The maximum absolute atomic E-state index is 12.7. The molecule has 0 N–H and O–H groups in total. The van der Waals surface area contributed by atoms with Gasteiger partial charge in [-0.15, -0.1) is 21.5 Å². The number of aromatic nitrogens is 3. The van der Waals surface area contributed by atoms with Crippen LogP contribution in [0.4, 0.5) is 0 Å². The number of hydrogen-bond acceptors (Lipinski definition) is 5. The number of para-hydroxylation sites is 1. The van der Waals surface area contributed by atoms with Crippen LogP contribution < -0.4 is 0 Å². The van der Waals surface area contributed by atoms with Crippen molar-refractivity contribution >= 4 is 29.0 Å². The Morgan fingerprint density at radius 2 is 2.04 bits per heavy atom. The molecule has 0 radical (unpaired) electrons. The number of likely N-dealkylation sites (tertiary alicyclic amines) is 1. The second-order valence-corrected chi connectivity index (χ2v) is 8.57. The average molecular weight is 399 g/mol. The molecule has 140 valence electrons. The number of benzene rings is 1. The normalized spacial score (nSPS) is 17.2. The molecule has 7 heteroatoms. The minimum Gasteiger partial charge on any atom is -0.339 e. The highest BCUT2D eigenvalue weighted by Crippen LogP contribution is 2.30. The minimum atomic E-state index is 0.187. The van der Waals surface area contributed by atoms with Gasteiger partial charge in [0.15, 0.2) is 11.0 Å². The predicted octanol–water partition coefficient (Wildman–Crippen LogP) is 4.49. The zero-order chi connectivity index (χ0) is 18.6. The second kappa shape index (κ2) is 8.27. The van der Waals surface area contributed by atoms with Gasteiger partial charge in [-0.3, -0.25) is 9.36 Å². The smallest absolute Gasteiger partial charge is 0.233 e. The Morgan fingerprint density at radius 3 is 2.78 bits per heavy atom. The first kappa shape index (κ1) is 18.3. The molecular weight excluding hydrogens is 376 g/mol. The summed E-state index contributed by atoms with van der Waals surface area (Å²) in [5, 5.41) is 11.6. The highest BCUT2D eigenvalue weighted by Gasteiger charge is 2.24. The van der Waals surface area contributed by atoms with E-state index in [-0.39, 0.29) is 5.91 Å². The van der Waals surface area contributed by atoms with E-state index >= 15 is 0 Å². The lowest BCUT2D eigenvalue weighted by Crippen LogP contribution is -2.42. The molecule has 5 nitrogen and oxygen atoms in total. The van der Waals surface area contributed by atoms with Crippen LogP contribution in [0.1, 0.15) is 26.2 Å². The van der Waals surface area contributed by atoms with Crippen molar-refractivity contribution < 1.29 is 4.79 Å². The van der Waals surface area contributed by atoms with Crippen LogP contribution in [-0.2, 0) is 4.79 Å². The van der Waals surface area contributed by atoms with Crippen LogP contribution in [0.15, 0.2) is 53.0 Å². The van der Waals surface area contributed by atoms with E-state index < -0.39 is 0 Å². The molecule has 3 aromatic rings. The van der Waals surface area contributed by atoms with Gasteiger partial charge in [0.25, 0.3) is 0 Å². The van der Waals surface area contributed by atoms with Gasteiger partial charge in [-0.1, -0.05) is 36.0 Å². The topological polar surface area (TPSA) is 51.0 Å². The summed E-state index contributed by atoms with van der Waals surface area (Å²) in [6, 6.07) is 14.5. The van der Waals surface area contributed by atoms with Crippen molar-refractivity contribution in [2.75, 3.05) is 12.3 Å². The number of piperidine rings is 1. The van der Waals surface area contributed by atoms with E-state index in [0.29, 0.717) is 11.8 Å². The third kappa shape index (κ3) is 3.94. The minimum absolute atomic E-state index is 0.187. The first-order valence-corrected chi connectivity index (χ1v) is 11.1. The van der Waals surface area contributed by atoms with Crippen molar-refractivity contribution in [3.05, 3.63) is 47.8 Å². The van der Waals surface area contributed by atoms with Crippen LogP contribution in [0.5, 0.6) is 0 Å². The van der Waals surface area contributed by atoms with Gasteiger partial charge < -0.3 is 4.90 Å². The molecule has 1 aliphatic rings. The summed E-state index contributed by atoms with van der Waals surface area (Å²) in [6.07, 6.45) is 3.41. The van der Waals surface area contributed by atoms with E-state index in [1.165, 1.54) is 18.2 Å². The molecular formula is C20H22N4OS2. The number of carbonyl (C=O) groups is 1. The third-order valence-corrected chi connectivity index (χ3v) is 6.62. The van der Waals surface area contributed by atoms with E-state index in [1.54, 1.807) is 11.3 Å². The molecule has 1 atom stereocenters. The van der Waals surface area contributed by atoms with Gasteiger partial charge in [0.1, 0.15) is 0 Å². The molecule has 1 fully saturated rings. The van der Waals surface area contributed by atoms with E-state index in [2.05, 4.69) is 17.1 Å². The number of amides is 1. The van der Waals surface area contributed by atoms with Crippen molar-refractivity contribution in [1.29, 1.82) is 0 Å². The highest BCUT2D eigenvalue weighted by molar-refractivity contribution is 7.99. The van der Waals surface area contributed by atoms with Gasteiger partial charge in [0.2, 0.25) is 5.91 Å². The SMILES string of the molecule is C[C@H]1CCCCN1C(=O)CSc1nnc(-c2cccs2)n1-c1ccccc1. The van der Waals surface area contributed by atoms with Gasteiger partial charge >= 0.3 is 0 Å². The summed E-state index contributed by atoms with van der Waals surface area (Å²) in [5.74, 6) is 1.39. The van der Waals surface area contributed by atoms with Gasteiger partial charge in [-0.05, 0) is 49.8 Å². The fourth-order valence-electron chi connectivity index (χ4n) is 3.42. The molecule has 27 heavy (non-hydrogen) atoms. The first-order chi connectivity index (χ1) is 13.2. The molecule has 1 saturated heterocycles. The van der Waals surface area contributed by atoms with E-state index in [9.17, 15) is 4.79 Å². The molecule has 0 bridgehead atoms. The van der Waals surface area contributed by atoms with Gasteiger partial charge in [-0.25, -0.2) is 0 Å². The Labute approximate surface area is 167 Å². The fourth-order valence-corrected chi connectivity index (χ4v) is 4.95. The Balaban J connectivity index is 1.58. The van der Waals surface area contributed by atoms with Crippen LogP contribution in [0.3, 0.4) is 0 Å². The van der Waals surface area contributed by atoms with Crippen molar-refractivity contribution in [3.8, 4) is 16.4 Å². The lowest BCUT2D eigenvalue weighted by Gasteiger charge is -2.33. The quantitative estimate of drug-likeness (QED) is 0.594. The molecule has 0 saturated carbocycles. The number of nitrogens with zero attached hydrogens (tertiary/aromatic N) is 4. The van der Waals surface area contributed by atoms with Crippen molar-refractivity contribution in [3.63, 3.8) is 0 Å². The number of thioether (sulfide) groups is 1. The maximum Gasteiger partial charge on any atom is 0.233 e. The lowest BCUT2D eigenvalue weighted by molar-refractivity contribution is -0.131. The summed E-state index contributed by atoms with van der Waals surface area (Å²) in [7, 11) is 0. The van der Waals surface area contributed by atoms with Crippen LogP contribution in [0.2, 0.25) is 0 Å². The lowest BCUT2D eigenvalue weighted by atomic mass is 10.0. The van der Waals surface area contributed by atoms with E-state index in [0.717, 1.165) is 40.9 Å². The Bertz CT molecular complexity index is 892. The number of carbonyl (C=O) groups excluding carboxylic acids is 1. The Morgan fingerprint density at radius 1 is 1.19 bits per heavy atom. The van der Waals surface area contributed by atoms with Crippen LogP contribution in [-0.4, -0.2) is 43.9 Å². The zero-order valence-electron chi connectivity index (χ0n) is 15.2. The second-order valence-electron chi connectivity index (χ2n) is 6.68. The molecule has 1 amide bonds. The summed E-state index contributed by atoms with van der Waals surface area (Å²) in [5.41, 5.74) is 1.01. The zero-order valence-corrected chi connectivity index (χ0v) is 16.9. The molecule has 1 aliphatic heterocycles. The molecule has 0 unspecified atom stereocenters. The average Bonchev–Trinajstić information content (AvgIpc) is 3.36. The van der Waals surface area contributed by atoms with Gasteiger partial charge in [0, 0.05) is 18.3 Å². The molecule has 0 aliphatic carbocycles. The number of rotatable bonds is 5. The van der Waals surface area contributed by atoms with E-state index in [1.807, 2.05) is 57.3 Å². The Kier molecular flexibility index (Phi) is 5.59. The fraction of sp³-hybridized carbons (Fsp3) is 0.350. The standard InChI is InChI=1S/C20H22N4OS2/c1-15-8-5-6-12-23(15)18(25)14-27-20-22-21-19(17-11-7-13-26-17)24(20)16-9-3-2-4-10-16/h2-4,7,9-11,13,15H,5-6,8,12,14H2,1H3/t15-/m0/s1. The van der Waals surface area contributed by atoms with Crippen molar-refractivity contribution in [2.45, 2.75) is 37.4 Å². The predicted molar refractivity (Wildman–Crippen MR) is 110 cm³/mol.